The number of nitrogens with zero attached hydrogens (tertiary/aromatic N) is 3. The maximum Gasteiger partial charge on any atom is 0.336 e. The Hall–Kier alpha value is -4.09. The van der Waals surface area contributed by atoms with Gasteiger partial charge in [0.2, 0.25) is 0 Å². The van der Waals surface area contributed by atoms with Crippen LogP contribution in [0.1, 0.15) is 241 Å². The first-order valence-electron chi connectivity index (χ1n) is 31.6. The third-order valence-corrected chi connectivity index (χ3v) is 14.5. The molecule has 0 heterocycles. The molecule has 0 saturated carbocycles. The molecule has 0 fully saturated rings. The summed E-state index contributed by atoms with van der Waals surface area (Å²) in [6.07, 6.45) is 48.4. The van der Waals surface area contributed by atoms with Gasteiger partial charge in [-0.1, -0.05) is 264 Å². The van der Waals surface area contributed by atoms with E-state index >= 15 is 0 Å². The Morgan fingerprint density at radius 1 is 0.304 bits per heavy atom. The SMILES string of the molecule is CN(C)CCCCCCCCCCCCCc1ccccc1.CN(C)CCCCCCCCCCCCCc1ccccc1.CN(C)CCCCCCCCCCCCCc1ccccc1.O=C(O)CC(O)(CC(=O)O)C(=O)O. The number of carboxylic acid groups (broad SMARTS) is 3. The molecule has 0 radical (unpaired) electrons. The zero-order valence-electron chi connectivity index (χ0n) is 51.5. The number of carbonyl (C=O) groups is 3. The van der Waals surface area contributed by atoms with E-state index in [1.54, 1.807) is 0 Å². The molecule has 3 aromatic rings. The van der Waals surface area contributed by atoms with Gasteiger partial charge in [-0.05, 0) is 136 Å². The van der Waals surface area contributed by atoms with Crippen LogP contribution in [-0.2, 0) is 33.6 Å². The Labute approximate surface area is 484 Å². The van der Waals surface area contributed by atoms with Crippen LogP contribution in [0.25, 0.3) is 0 Å². The lowest BCUT2D eigenvalue weighted by molar-refractivity contribution is -0.170. The molecular formula is C69H119N3O7. The molecule has 0 amide bonds. The molecule has 452 valence electrons. The molecule has 3 rings (SSSR count). The van der Waals surface area contributed by atoms with Gasteiger partial charge in [0.25, 0.3) is 0 Å². The number of aliphatic carboxylic acids is 3. The van der Waals surface area contributed by atoms with Crippen molar-refractivity contribution in [3.8, 4) is 0 Å². The predicted molar refractivity (Wildman–Crippen MR) is 336 cm³/mol. The summed E-state index contributed by atoms with van der Waals surface area (Å²) in [4.78, 5) is 37.4. The fraction of sp³-hybridized carbons (Fsp3) is 0.696. The van der Waals surface area contributed by atoms with Crippen molar-refractivity contribution in [1.82, 2.24) is 14.7 Å². The van der Waals surface area contributed by atoms with E-state index in [0.29, 0.717) is 0 Å². The second-order valence-corrected chi connectivity index (χ2v) is 23.3. The molecule has 0 spiro atoms. The zero-order chi connectivity index (χ0) is 58.3. The summed E-state index contributed by atoms with van der Waals surface area (Å²) in [6.45, 7) is 3.76. The van der Waals surface area contributed by atoms with E-state index in [2.05, 4.69) is 148 Å². The van der Waals surface area contributed by atoms with Crippen LogP contribution in [0, 0.1) is 0 Å². The minimum atomic E-state index is -2.74. The van der Waals surface area contributed by atoms with Gasteiger partial charge in [0.1, 0.15) is 0 Å². The van der Waals surface area contributed by atoms with Crippen LogP contribution >= 0.6 is 0 Å². The molecule has 0 aliphatic carbocycles. The molecular weight excluding hydrogens is 983 g/mol. The van der Waals surface area contributed by atoms with Crippen molar-refractivity contribution < 1.29 is 34.8 Å². The number of rotatable bonds is 47. The Morgan fingerprint density at radius 3 is 0.646 bits per heavy atom. The largest absolute Gasteiger partial charge is 0.481 e. The van der Waals surface area contributed by atoms with Crippen molar-refractivity contribution in [3.05, 3.63) is 108 Å². The molecule has 3 aromatic carbocycles. The lowest BCUT2D eigenvalue weighted by Crippen LogP contribution is -2.42. The van der Waals surface area contributed by atoms with Crippen molar-refractivity contribution in [2.24, 2.45) is 0 Å². The Morgan fingerprint density at radius 2 is 0.481 bits per heavy atom. The minimum absolute atomic E-state index is 1.14. The first-order chi connectivity index (χ1) is 38.1. The number of hydrogen-bond donors (Lipinski definition) is 4. The molecule has 0 bridgehead atoms. The van der Waals surface area contributed by atoms with E-state index in [4.69, 9.17) is 20.4 Å². The number of carboxylic acids is 3. The van der Waals surface area contributed by atoms with Gasteiger partial charge in [-0.2, -0.15) is 0 Å². The first-order valence-corrected chi connectivity index (χ1v) is 31.6. The molecule has 0 unspecified atom stereocenters. The lowest BCUT2D eigenvalue weighted by Gasteiger charge is -2.18. The highest BCUT2D eigenvalue weighted by Gasteiger charge is 2.40. The van der Waals surface area contributed by atoms with Crippen molar-refractivity contribution in [2.75, 3.05) is 61.9 Å². The molecule has 0 aliphatic rings. The average Bonchev–Trinajstić information content (AvgIpc) is 3.41. The number of aliphatic hydroxyl groups is 1. The van der Waals surface area contributed by atoms with Gasteiger partial charge in [0, 0.05) is 0 Å². The average molecular weight is 1100 g/mol. The molecule has 4 N–H and O–H groups in total. The van der Waals surface area contributed by atoms with Crippen LogP contribution in [0.15, 0.2) is 91.0 Å². The molecule has 0 aromatic heterocycles. The van der Waals surface area contributed by atoms with Gasteiger partial charge in [-0.3, -0.25) is 9.59 Å². The maximum atomic E-state index is 10.3. The Balaban J connectivity index is 0.00000104. The van der Waals surface area contributed by atoms with E-state index in [0.717, 1.165) is 0 Å². The summed E-state index contributed by atoms with van der Waals surface area (Å²) in [6, 6.07) is 32.7. The van der Waals surface area contributed by atoms with Crippen molar-refractivity contribution in [3.63, 3.8) is 0 Å². The van der Waals surface area contributed by atoms with Crippen LogP contribution in [0.3, 0.4) is 0 Å². The van der Waals surface area contributed by atoms with Crippen LogP contribution in [0.4, 0.5) is 0 Å². The maximum absolute atomic E-state index is 10.3. The third-order valence-electron chi connectivity index (χ3n) is 14.5. The second-order valence-electron chi connectivity index (χ2n) is 23.3. The highest BCUT2D eigenvalue weighted by atomic mass is 16.4. The highest BCUT2D eigenvalue weighted by molar-refractivity contribution is 5.88. The van der Waals surface area contributed by atoms with E-state index in [-0.39, 0.29) is 0 Å². The number of unbranched alkanes of at least 4 members (excludes halogenated alkanes) is 30. The first kappa shape index (κ1) is 74.9. The fourth-order valence-corrected chi connectivity index (χ4v) is 9.69. The van der Waals surface area contributed by atoms with Crippen molar-refractivity contribution in [2.45, 2.75) is 250 Å². The number of hydrogen-bond acceptors (Lipinski definition) is 7. The normalized spacial score (nSPS) is 11.2. The molecule has 10 heteroatoms. The summed E-state index contributed by atoms with van der Waals surface area (Å²) in [5, 5.41) is 33.8. The van der Waals surface area contributed by atoms with Gasteiger partial charge in [-0.25, -0.2) is 4.79 Å². The summed E-state index contributed by atoms with van der Waals surface area (Å²) in [7, 11) is 13.0. The van der Waals surface area contributed by atoms with Gasteiger partial charge >= 0.3 is 17.9 Å². The number of benzene rings is 3. The molecule has 79 heavy (non-hydrogen) atoms. The van der Waals surface area contributed by atoms with Gasteiger partial charge in [0.15, 0.2) is 5.60 Å². The van der Waals surface area contributed by atoms with E-state index < -0.39 is 36.4 Å². The van der Waals surface area contributed by atoms with Crippen molar-refractivity contribution >= 4 is 17.9 Å². The number of aryl methyl sites for hydroxylation is 3. The summed E-state index contributed by atoms with van der Waals surface area (Å²) in [5.41, 5.74) is 1.75. The van der Waals surface area contributed by atoms with E-state index in [1.807, 2.05) is 0 Å². The smallest absolute Gasteiger partial charge is 0.336 e. The van der Waals surface area contributed by atoms with Gasteiger partial charge < -0.3 is 35.1 Å². The lowest BCUT2D eigenvalue weighted by atomic mass is 9.96. The predicted octanol–water partition coefficient (Wildman–Crippen LogP) is 17.0. The highest BCUT2D eigenvalue weighted by Crippen LogP contribution is 2.18. The fourth-order valence-electron chi connectivity index (χ4n) is 9.69. The Kier molecular flexibility index (Phi) is 51.7. The monoisotopic (exact) mass is 1100 g/mol. The van der Waals surface area contributed by atoms with Crippen LogP contribution in [0.2, 0.25) is 0 Å². The molecule has 0 atom stereocenters. The second kappa shape index (κ2) is 54.5. The molecule has 0 aliphatic heterocycles. The van der Waals surface area contributed by atoms with Gasteiger partial charge in [0.05, 0.1) is 12.8 Å². The Bertz CT molecular complexity index is 1600. The van der Waals surface area contributed by atoms with Crippen molar-refractivity contribution in [1.29, 1.82) is 0 Å². The van der Waals surface area contributed by atoms with E-state index in [1.165, 1.54) is 267 Å². The molecule has 10 nitrogen and oxygen atoms in total. The summed E-state index contributed by atoms with van der Waals surface area (Å²) in [5.74, 6) is -5.02. The minimum Gasteiger partial charge on any atom is -0.481 e. The summed E-state index contributed by atoms with van der Waals surface area (Å²) < 4.78 is 0. The standard InChI is InChI=1S/3C21H37N.C6H8O7/c3*1-22(2)20-16-11-9-7-5-3-4-6-8-10-13-17-21-18-14-12-15-19-21;7-3(8)1-6(13,5(11)12)2-4(9)10/h3*12,14-15,18-19H,3-11,13,16-17,20H2,1-2H3;13H,1-2H2,(H,7,8)(H,9,10)(H,11,12). The third kappa shape index (κ3) is 54.3. The van der Waals surface area contributed by atoms with Crippen LogP contribution in [-0.4, -0.2) is 121 Å². The topological polar surface area (TPSA) is 142 Å². The van der Waals surface area contributed by atoms with Crippen LogP contribution in [0.5, 0.6) is 0 Å². The van der Waals surface area contributed by atoms with E-state index in [9.17, 15) is 14.4 Å². The van der Waals surface area contributed by atoms with Crippen LogP contribution < -0.4 is 0 Å². The summed E-state index contributed by atoms with van der Waals surface area (Å²) >= 11 is 0. The quantitative estimate of drug-likeness (QED) is 0.0404. The zero-order valence-corrected chi connectivity index (χ0v) is 51.5. The molecule has 0 saturated heterocycles. The van der Waals surface area contributed by atoms with Gasteiger partial charge in [-0.15, -0.1) is 0 Å².